The van der Waals surface area contributed by atoms with Gasteiger partial charge >= 0.3 is 6.18 Å². The van der Waals surface area contributed by atoms with Gasteiger partial charge in [-0.3, -0.25) is 4.79 Å². The molecule has 0 saturated carbocycles. The summed E-state index contributed by atoms with van der Waals surface area (Å²) in [5.41, 5.74) is 1.71. The van der Waals surface area contributed by atoms with E-state index < -0.39 is 18.0 Å². The Bertz CT molecular complexity index is 931. The van der Waals surface area contributed by atoms with Gasteiger partial charge in [-0.2, -0.15) is 18.2 Å². The van der Waals surface area contributed by atoms with Gasteiger partial charge in [-0.25, -0.2) is 4.68 Å². The van der Waals surface area contributed by atoms with Crippen molar-refractivity contribution < 1.29 is 22.7 Å². The van der Waals surface area contributed by atoms with Crippen LogP contribution in [0.25, 0.3) is 0 Å². The SMILES string of the molecule is COc1ccc(C2C3=C(CC(C)CC3=O)Nc3nc(C(F)(F)F)nn32)cc1. The minimum atomic E-state index is -4.67. The quantitative estimate of drug-likeness (QED) is 0.865. The molecule has 27 heavy (non-hydrogen) atoms. The Morgan fingerprint density at radius 3 is 2.56 bits per heavy atom. The van der Waals surface area contributed by atoms with E-state index in [0.717, 1.165) is 4.68 Å². The molecule has 1 aromatic carbocycles. The number of Topliss-reactive ketones (excluding diaryl/α,β-unsaturated/α-hetero) is 1. The summed E-state index contributed by atoms with van der Waals surface area (Å²) in [6, 6.07) is 6.10. The van der Waals surface area contributed by atoms with E-state index in [0.29, 0.717) is 35.4 Å². The molecule has 0 saturated heterocycles. The maximum absolute atomic E-state index is 13.1. The van der Waals surface area contributed by atoms with E-state index in [9.17, 15) is 18.0 Å². The molecule has 9 heteroatoms. The number of methoxy groups -OCH3 is 1. The van der Waals surface area contributed by atoms with Crippen molar-refractivity contribution in [3.63, 3.8) is 0 Å². The average Bonchev–Trinajstić information content (AvgIpc) is 3.04. The van der Waals surface area contributed by atoms with Gasteiger partial charge in [0.2, 0.25) is 5.95 Å². The summed E-state index contributed by atoms with van der Waals surface area (Å²) >= 11 is 0. The predicted octanol–water partition coefficient (Wildman–Crippen LogP) is 3.57. The van der Waals surface area contributed by atoms with Crippen LogP contribution in [0, 0.1) is 5.92 Å². The van der Waals surface area contributed by atoms with Crippen molar-refractivity contribution >= 4 is 11.7 Å². The lowest BCUT2D eigenvalue weighted by Crippen LogP contribution is -2.33. The molecule has 1 aliphatic heterocycles. The van der Waals surface area contributed by atoms with Crippen LogP contribution in [0.15, 0.2) is 35.5 Å². The molecule has 2 heterocycles. The summed E-state index contributed by atoms with van der Waals surface area (Å²) in [4.78, 5) is 16.4. The van der Waals surface area contributed by atoms with E-state index >= 15 is 0 Å². The number of carbonyl (C=O) groups excluding carboxylic acids is 1. The lowest BCUT2D eigenvalue weighted by atomic mass is 9.81. The molecule has 0 fully saturated rings. The van der Waals surface area contributed by atoms with Gasteiger partial charge in [0.25, 0.3) is 5.82 Å². The minimum Gasteiger partial charge on any atom is -0.497 e. The molecule has 2 aliphatic rings. The van der Waals surface area contributed by atoms with E-state index in [2.05, 4.69) is 15.4 Å². The van der Waals surface area contributed by atoms with Crippen LogP contribution in [0.4, 0.5) is 19.1 Å². The molecule has 1 aliphatic carbocycles. The third-order valence-corrected chi connectivity index (χ3v) is 4.81. The fourth-order valence-electron chi connectivity index (χ4n) is 3.62. The number of rotatable bonds is 2. The third-order valence-electron chi connectivity index (χ3n) is 4.81. The molecular formula is C18H17F3N4O2. The average molecular weight is 378 g/mol. The highest BCUT2D eigenvalue weighted by Gasteiger charge is 2.42. The first-order valence-corrected chi connectivity index (χ1v) is 8.49. The number of carbonyl (C=O) groups is 1. The number of nitrogens with zero attached hydrogens (tertiary/aromatic N) is 3. The first kappa shape index (κ1) is 17.6. The molecule has 2 aromatic rings. The maximum atomic E-state index is 13.1. The zero-order valence-electron chi connectivity index (χ0n) is 14.7. The van der Waals surface area contributed by atoms with Crippen LogP contribution in [-0.4, -0.2) is 27.7 Å². The van der Waals surface area contributed by atoms with E-state index in [4.69, 9.17) is 4.74 Å². The molecule has 2 unspecified atom stereocenters. The van der Waals surface area contributed by atoms with Crippen LogP contribution in [-0.2, 0) is 11.0 Å². The van der Waals surface area contributed by atoms with Gasteiger partial charge < -0.3 is 10.1 Å². The number of ketones is 1. The number of fused-ring (bicyclic) bond motifs is 1. The predicted molar refractivity (Wildman–Crippen MR) is 90.2 cm³/mol. The summed E-state index contributed by atoms with van der Waals surface area (Å²) in [5, 5.41) is 6.57. The smallest absolute Gasteiger partial charge is 0.453 e. The van der Waals surface area contributed by atoms with Gasteiger partial charge in [0.15, 0.2) is 5.78 Å². The van der Waals surface area contributed by atoms with E-state index in [1.165, 1.54) is 7.11 Å². The number of ether oxygens (including phenoxy) is 1. The highest BCUT2D eigenvalue weighted by Crippen LogP contribution is 2.42. The van der Waals surface area contributed by atoms with Crippen LogP contribution in [0.3, 0.4) is 0 Å². The van der Waals surface area contributed by atoms with Crippen LogP contribution < -0.4 is 10.1 Å². The maximum Gasteiger partial charge on any atom is 0.453 e. The number of anilines is 1. The topological polar surface area (TPSA) is 69.0 Å². The van der Waals surface area contributed by atoms with Gasteiger partial charge in [-0.15, -0.1) is 5.10 Å². The molecule has 0 bridgehead atoms. The standard InChI is InChI=1S/C18H17F3N4O2/c1-9-7-12-14(13(26)8-9)15(10-3-5-11(27-2)6-4-10)25-17(22-12)23-16(24-25)18(19,20)21/h3-6,9,15H,7-8H2,1-2H3,(H,22,23,24). The number of hydrogen-bond donors (Lipinski definition) is 1. The molecule has 0 spiro atoms. The van der Waals surface area contributed by atoms with Gasteiger partial charge in [0.05, 0.1) is 7.11 Å². The van der Waals surface area contributed by atoms with E-state index in [1.54, 1.807) is 24.3 Å². The summed E-state index contributed by atoms with van der Waals surface area (Å²) in [7, 11) is 1.53. The molecule has 142 valence electrons. The molecule has 6 nitrogen and oxygen atoms in total. The second-order valence-electron chi connectivity index (χ2n) is 6.83. The molecule has 4 rings (SSSR count). The van der Waals surface area contributed by atoms with Crippen LogP contribution in [0.1, 0.15) is 37.2 Å². The van der Waals surface area contributed by atoms with E-state index in [1.807, 2.05) is 6.92 Å². The first-order valence-electron chi connectivity index (χ1n) is 8.49. The Morgan fingerprint density at radius 2 is 1.93 bits per heavy atom. The van der Waals surface area contributed by atoms with E-state index in [-0.39, 0.29) is 17.6 Å². The largest absolute Gasteiger partial charge is 0.497 e. The van der Waals surface area contributed by atoms with Gasteiger partial charge in [-0.05, 0) is 30.0 Å². The van der Waals surface area contributed by atoms with Crippen LogP contribution in [0.2, 0.25) is 0 Å². The molecule has 0 amide bonds. The van der Waals surface area contributed by atoms with Crippen molar-refractivity contribution in [2.24, 2.45) is 5.92 Å². The van der Waals surface area contributed by atoms with Crippen LogP contribution >= 0.6 is 0 Å². The minimum absolute atomic E-state index is 0.0104. The Hall–Kier alpha value is -2.84. The lowest BCUT2D eigenvalue weighted by Gasteiger charge is -2.34. The molecule has 1 N–H and O–H groups in total. The fraction of sp³-hybridized carbons (Fsp3) is 0.389. The number of halogens is 3. The monoisotopic (exact) mass is 378 g/mol. The zero-order chi connectivity index (χ0) is 19.3. The first-order chi connectivity index (χ1) is 12.8. The van der Waals surface area contributed by atoms with Crippen molar-refractivity contribution in [3.05, 3.63) is 46.9 Å². The zero-order valence-corrected chi connectivity index (χ0v) is 14.7. The number of nitrogens with one attached hydrogen (secondary N) is 1. The highest BCUT2D eigenvalue weighted by atomic mass is 19.4. The number of hydrogen-bond acceptors (Lipinski definition) is 5. The molecule has 2 atom stereocenters. The Morgan fingerprint density at radius 1 is 1.22 bits per heavy atom. The van der Waals surface area contributed by atoms with Crippen molar-refractivity contribution in [1.82, 2.24) is 14.8 Å². The van der Waals surface area contributed by atoms with Crippen molar-refractivity contribution in [1.29, 1.82) is 0 Å². The lowest BCUT2D eigenvalue weighted by molar-refractivity contribution is -0.145. The van der Waals surface area contributed by atoms with Gasteiger partial charge in [0.1, 0.15) is 11.8 Å². The third kappa shape index (κ3) is 2.96. The number of aromatic nitrogens is 3. The second-order valence-corrected chi connectivity index (χ2v) is 6.83. The Balaban J connectivity index is 1.88. The second kappa shape index (κ2) is 6.11. The number of alkyl halides is 3. The summed E-state index contributed by atoms with van der Waals surface area (Å²) < 4.78 is 45.7. The van der Waals surface area contributed by atoms with Crippen molar-refractivity contribution in [3.8, 4) is 5.75 Å². The summed E-state index contributed by atoms with van der Waals surface area (Å²) in [6.07, 6.45) is -3.75. The molecular weight excluding hydrogens is 361 g/mol. The highest BCUT2D eigenvalue weighted by molar-refractivity contribution is 5.99. The number of benzene rings is 1. The Labute approximate surface area is 153 Å². The normalized spacial score (nSPS) is 22.2. The molecule has 1 aromatic heterocycles. The van der Waals surface area contributed by atoms with Crippen LogP contribution in [0.5, 0.6) is 5.75 Å². The van der Waals surface area contributed by atoms with Crippen molar-refractivity contribution in [2.75, 3.05) is 12.4 Å². The molecule has 0 radical (unpaired) electrons. The van der Waals surface area contributed by atoms with Gasteiger partial charge in [0, 0.05) is 17.7 Å². The summed E-state index contributed by atoms with van der Waals surface area (Å²) in [6.45, 7) is 1.94. The number of allylic oxidation sites excluding steroid dienone is 2. The summed E-state index contributed by atoms with van der Waals surface area (Å²) in [5.74, 6) is -0.614. The Kier molecular flexibility index (Phi) is 3.97. The fourth-order valence-corrected chi connectivity index (χ4v) is 3.62. The van der Waals surface area contributed by atoms with Crippen molar-refractivity contribution in [2.45, 2.75) is 32.0 Å². The van der Waals surface area contributed by atoms with Gasteiger partial charge in [-0.1, -0.05) is 19.1 Å².